The summed E-state index contributed by atoms with van der Waals surface area (Å²) in [4.78, 5) is 0. The van der Waals surface area contributed by atoms with Crippen LogP contribution in [0.3, 0.4) is 0 Å². The molecule has 0 rings (SSSR count). The van der Waals surface area contributed by atoms with Crippen molar-refractivity contribution in [3.05, 3.63) is 6.42 Å². The molecular weight excluding hydrogens is 120 g/mol. The molecule has 0 saturated heterocycles. The standard InChI is InChI=1S/C6H11OS/c1-6(2,3)4-5-8-7/h4-5H,1-3H3. The number of hydrogen-bond donors (Lipinski definition) is 0. The van der Waals surface area contributed by atoms with Crippen molar-refractivity contribution in [2.45, 2.75) is 20.8 Å². The molecule has 0 atom stereocenters. The molecule has 0 bridgehead atoms. The molecule has 0 unspecified atom stereocenters. The second-order valence-electron chi connectivity index (χ2n) is 2.76. The van der Waals surface area contributed by atoms with Crippen molar-refractivity contribution in [2.24, 2.45) is 5.41 Å². The third kappa shape index (κ3) is 5.89. The van der Waals surface area contributed by atoms with Crippen molar-refractivity contribution in [1.29, 1.82) is 0 Å². The molecule has 2 heteroatoms. The van der Waals surface area contributed by atoms with E-state index in [1.165, 1.54) is 0 Å². The Morgan fingerprint density at radius 3 is 2.00 bits per heavy atom. The molecule has 0 aromatic heterocycles. The summed E-state index contributed by atoms with van der Waals surface area (Å²) in [6, 6.07) is 0. The third-order valence-corrected chi connectivity index (χ3v) is 0.871. The first kappa shape index (κ1) is 7.89. The average Bonchev–Trinajstić information content (AvgIpc) is 1.59. The molecule has 0 aromatic rings. The largest absolute Gasteiger partial charge is 0.213 e. The fourth-order valence-electron chi connectivity index (χ4n) is 0.232. The second kappa shape index (κ2) is 3.02. The minimum atomic E-state index is 0.150. The molecule has 0 fully saturated rings. The maximum atomic E-state index is 9.81. The minimum absolute atomic E-state index is 0.150. The summed E-state index contributed by atoms with van der Waals surface area (Å²) in [5.74, 6) is 0. The van der Waals surface area contributed by atoms with E-state index in [-0.39, 0.29) is 5.41 Å². The third-order valence-electron chi connectivity index (χ3n) is 0.624. The Labute approximate surface area is 54.2 Å². The molecule has 47 valence electrons. The van der Waals surface area contributed by atoms with Crippen LogP contribution in [-0.2, 0) is 11.3 Å². The average molecular weight is 131 g/mol. The highest BCUT2D eigenvalue weighted by Crippen LogP contribution is 2.14. The van der Waals surface area contributed by atoms with Crippen LogP contribution in [0.5, 0.6) is 0 Å². The van der Waals surface area contributed by atoms with E-state index in [0.717, 1.165) is 0 Å². The van der Waals surface area contributed by atoms with Crippen LogP contribution in [0.4, 0.5) is 0 Å². The minimum Gasteiger partial charge on any atom is -0.213 e. The Hall–Kier alpha value is -0.110. The fraction of sp³-hybridized carbons (Fsp3) is 0.667. The van der Waals surface area contributed by atoms with Crippen molar-refractivity contribution in [2.75, 3.05) is 0 Å². The molecule has 0 aliphatic heterocycles. The number of hydrogen-bond acceptors (Lipinski definition) is 1. The van der Waals surface area contributed by atoms with Crippen molar-refractivity contribution in [3.8, 4) is 0 Å². The highest BCUT2D eigenvalue weighted by atomic mass is 32.1. The molecule has 0 aliphatic carbocycles. The van der Waals surface area contributed by atoms with Crippen molar-refractivity contribution >= 4 is 16.6 Å². The fourth-order valence-corrected chi connectivity index (χ4v) is 0.696. The van der Waals surface area contributed by atoms with Gasteiger partial charge in [-0.3, -0.25) is 0 Å². The van der Waals surface area contributed by atoms with Crippen molar-refractivity contribution in [1.82, 2.24) is 0 Å². The molecule has 0 spiro atoms. The molecule has 0 N–H and O–H groups in total. The lowest BCUT2D eigenvalue weighted by Gasteiger charge is -2.12. The Morgan fingerprint density at radius 1 is 1.38 bits per heavy atom. The quantitative estimate of drug-likeness (QED) is 0.489. The van der Waals surface area contributed by atoms with E-state index >= 15 is 0 Å². The molecule has 0 saturated carbocycles. The molecule has 0 aliphatic rings. The molecule has 1 nitrogen and oxygen atoms in total. The van der Waals surface area contributed by atoms with Crippen LogP contribution in [0.2, 0.25) is 0 Å². The van der Waals surface area contributed by atoms with Crippen LogP contribution >= 0.6 is 0 Å². The summed E-state index contributed by atoms with van der Waals surface area (Å²) < 4.78 is 9.81. The van der Waals surface area contributed by atoms with Gasteiger partial charge in [-0.15, -0.1) is 0 Å². The van der Waals surface area contributed by atoms with Gasteiger partial charge in [0, 0.05) is 11.8 Å². The molecule has 1 radical (unpaired) electrons. The summed E-state index contributed by atoms with van der Waals surface area (Å²) in [5.41, 5.74) is 0.150. The molecule has 8 heavy (non-hydrogen) atoms. The smallest absolute Gasteiger partial charge is 0.0844 e. The maximum absolute atomic E-state index is 9.81. The van der Waals surface area contributed by atoms with Crippen LogP contribution in [0.1, 0.15) is 20.8 Å². The highest BCUT2D eigenvalue weighted by Gasteiger charge is 2.06. The van der Waals surface area contributed by atoms with Gasteiger partial charge in [0.2, 0.25) is 0 Å². The normalized spacial score (nSPS) is 10.9. The molecular formula is C6H11OS. The lowest BCUT2D eigenvalue weighted by Crippen LogP contribution is -2.05. The monoisotopic (exact) mass is 131 g/mol. The Bertz CT molecular complexity index is 106. The van der Waals surface area contributed by atoms with E-state index in [1.807, 2.05) is 6.42 Å². The van der Waals surface area contributed by atoms with Gasteiger partial charge in [-0.1, -0.05) is 20.8 Å². The summed E-state index contributed by atoms with van der Waals surface area (Å²) in [5, 5.41) is 1.57. The van der Waals surface area contributed by atoms with Gasteiger partial charge in [-0.05, 0) is 5.41 Å². The number of rotatable bonds is 1. The van der Waals surface area contributed by atoms with Gasteiger partial charge >= 0.3 is 0 Å². The molecule has 0 amide bonds. The van der Waals surface area contributed by atoms with Gasteiger partial charge in [-0.25, -0.2) is 4.21 Å². The van der Waals surface area contributed by atoms with E-state index in [1.54, 1.807) is 5.37 Å². The predicted octanol–water partition coefficient (Wildman–Crippen LogP) is 1.25. The van der Waals surface area contributed by atoms with E-state index in [0.29, 0.717) is 11.3 Å². The molecule has 0 heterocycles. The van der Waals surface area contributed by atoms with Crippen molar-refractivity contribution < 1.29 is 4.21 Å². The highest BCUT2D eigenvalue weighted by molar-refractivity contribution is 7.65. The summed E-state index contributed by atoms with van der Waals surface area (Å²) in [7, 11) is 0. The Balaban J connectivity index is 3.55. The lowest BCUT2D eigenvalue weighted by molar-refractivity contribution is 0.521. The van der Waals surface area contributed by atoms with Crippen LogP contribution in [0.15, 0.2) is 0 Å². The molecule has 0 aromatic carbocycles. The predicted molar refractivity (Wildman–Crippen MR) is 38.0 cm³/mol. The SMILES string of the molecule is CC(C)(C)[CH]C=S=O. The zero-order valence-corrected chi connectivity index (χ0v) is 6.29. The van der Waals surface area contributed by atoms with Gasteiger partial charge in [-0.2, -0.15) is 0 Å². The van der Waals surface area contributed by atoms with Gasteiger partial charge in [0.25, 0.3) is 0 Å². The van der Waals surface area contributed by atoms with Crippen LogP contribution < -0.4 is 0 Å². The van der Waals surface area contributed by atoms with E-state index in [4.69, 9.17) is 0 Å². The van der Waals surface area contributed by atoms with Gasteiger partial charge < -0.3 is 0 Å². The van der Waals surface area contributed by atoms with Gasteiger partial charge in [0.1, 0.15) is 0 Å². The first-order valence-electron chi connectivity index (χ1n) is 2.52. The van der Waals surface area contributed by atoms with Crippen LogP contribution in [-0.4, -0.2) is 9.58 Å². The summed E-state index contributed by atoms with van der Waals surface area (Å²) in [6.07, 6.45) is 1.89. The summed E-state index contributed by atoms with van der Waals surface area (Å²) in [6.45, 7) is 6.17. The van der Waals surface area contributed by atoms with Crippen LogP contribution in [0.25, 0.3) is 0 Å². The Kier molecular flexibility index (Phi) is 2.98. The first-order valence-corrected chi connectivity index (χ1v) is 3.33. The first-order chi connectivity index (χ1) is 3.56. The van der Waals surface area contributed by atoms with Crippen molar-refractivity contribution in [3.63, 3.8) is 0 Å². The van der Waals surface area contributed by atoms with Crippen LogP contribution in [0, 0.1) is 11.8 Å². The van der Waals surface area contributed by atoms with Gasteiger partial charge in [0.15, 0.2) is 0 Å². The zero-order chi connectivity index (χ0) is 6.62. The lowest BCUT2D eigenvalue weighted by atomic mass is 9.94. The summed E-state index contributed by atoms with van der Waals surface area (Å²) >= 11 is 0.498. The second-order valence-corrected chi connectivity index (χ2v) is 3.23. The maximum Gasteiger partial charge on any atom is 0.0844 e. The van der Waals surface area contributed by atoms with Gasteiger partial charge in [0.05, 0.1) is 11.3 Å². The zero-order valence-electron chi connectivity index (χ0n) is 5.47. The van der Waals surface area contributed by atoms with E-state index < -0.39 is 0 Å². The topological polar surface area (TPSA) is 17.1 Å². The van der Waals surface area contributed by atoms with E-state index in [9.17, 15) is 4.21 Å². The van der Waals surface area contributed by atoms with E-state index in [2.05, 4.69) is 20.8 Å². The Morgan fingerprint density at radius 2 is 1.88 bits per heavy atom.